The number of rotatable bonds is 3. The summed E-state index contributed by atoms with van der Waals surface area (Å²) in [5, 5.41) is -0.736. The molecule has 0 radical (unpaired) electrons. The molecule has 2 rings (SSSR count). The molecule has 17 heavy (non-hydrogen) atoms. The van der Waals surface area contributed by atoms with E-state index in [2.05, 4.69) is 0 Å². The molecule has 1 aliphatic rings. The van der Waals surface area contributed by atoms with Crippen molar-refractivity contribution < 1.29 is 13.0 Å². The summed E-state index contributed by atoms with van der Waals surface area (Å²) in [5.74, 6) is 0. The molecule has 94 valence electrons. The molecule has 0 aromatic heterocycles. The summed E-state index contributed by atoms with van der Waals surface area (Å²) in [6.07, 6.45) is 3.71. The van der Waals surface area contributed by atoms with Crippen molar-refractivity contribution in [2.75, 3.05) is 0 Å². The molecule has 1 aliphatic carbocycles. The van der Waals surface area contributed by atoms with Gasteiger partial charge in [-0.15, -0.1) is 0 Å². The van der Waals surface area contributed by atoms with Crippen LogP contribution in [0.2, 0.25) is 0 Å². The van der Waals surface area contributed by atoms with Gasteiger partial charge in [-0.25, -0.2) is 0 Å². The Morgan fingerprint density at radius 1 is 1.18 bits per heavy atom. The molecule has 1 aromatic carbocycles. The molecule has 1 unspecified atom stereocenters. The Labute approximate surface area is 103 Å². The van der Waals surface area contributed by atoms with Crippen LogP contribution < -0.4 is 0 Å². The Morgan fingerprint density at radius 3 is 2.18 bits per heavy atom. The average molecular weight is 254 g/mol. The van der Waals surface area contributed by atoms with E-state index in [-0.39, 0.29) is 0 Å². The van der Waals surface area contributed by atoms with E-state index in [4.69, 9.17) is 0 Å². The van der Waals surface area contributed by atoms with E-state index in [1.165, 1.54) is 0 Å². The van der Waals surface area contributed by atoms with Gasteiger partial charge in [0.25, 0.3) is 10.1 Å². The quantitative estimate of drug-likeness (QED) is 0.844. The highest BCUT2D eigenvalue weighted by molar-refractivity contribution is 7.86. The predicted molar refractivity (Wildman–Crippen MR) is 67.6 cm³/mol. The molecule has 1 saturated carbocycles. The van der Waals surface area contributed by atoms with Gasteiger partial charge in [-0.3, -0.25) is 4.55 Å². The second-order valence-electron chi connectivity index (χ2n) is 4.89. The largest absolute Gasteiger partial charge is 0.285 e. The van der Waals surface area contributed by atoms with Gasteiger partial charge in [0, 0.05) is 5.41 Å². The molecule has 4 heteroatoms. The molecule has 1 atom stereocenters. The molecule has 0 amide bonds. The zero-order chi connectivity index (χ0) is 12.5. The zero-order valence-electron chi connectivity index (χ0n) is 9.96. The van der Waals surface area contributed by atoms with Crippen molar-refractivity contribution >= 4 is 10.1 Å². The van der Waals surface area contributed by atoms with Crippen LogP contribution in [-0.2, 0) is 15.5 Å². The summed E-state index contributed by atoms with van der Waals surface area (Å²) in [5.41, 5.74) is 0.622. The van der Waals surface area contributed by atoms with Gasteiger partial charge in [-0.1, -0.05) is 43.2 Å². The van der Waals surface area contributed by atoms with Crippen molar-refractivity contribution in [3.63, 3.8) is 0 Å². The van der Waals surface area contributed by atoms with Gasteiger partial charge < -0.3 is 0 Å². The standard InChI is InChI=1S/C13H18O3S/c1-11(17(14,15)16)13(9-5-6-10-13)12-7-3-2-4-8-12/h2-4,7-8,11H,5-6,9-10H2,1H3,(H,14,15,16). The summed E-state index contributed by atoms with van der Waals surface area (Å²) in [6.45, 7) is 1.62. The van der Waals surface area contributed by atoms with Crippen molar-refractivity contribution in [3.8, 4) is 0 Å². The monoisotopic (exact) mass is 254 g/mol. The minimum atomic E-state index is -3.99. The minimum Gasteiger partial charge on any atom is -0.285 e. The van der Waals surface area contributed by atoms with Crippen LogP contribution in [-0.4, -0.2) is 18.2 Å². The van der Waals surface area contributed by atoms with E-state index < -0.39 is 20.8 Å². The van der Waals surface area contributed by atoms with Gasteiger partial charge in [0.1, 0.15) is 0 Å². The number of hydrogen-bond donors (Lipinski definition) is 1. The molecule has 0 heterocycles. The van der Waals surface area contributed by atoms with Gasteiger partial charge in [0.2, 0.25) is 0 Å². The van der Waals surface area contributed by atoms with Crippen molar-refractivity contribution in [2.45, 2.75) is 43.3 Å². The van der Waals surface area contributed by atoms with Crippen molar-refractivity contribution in [2.24, 2.45) is 0 Å². The second-order valence-corrected chi connectivity index (χ2v) is 6.62. The van der Waals surface area contributed by atoms with Crippen molar-refractivity contribution in [3.05, 3.63) is 35.9 Å². The molecule has 3 nitrogen and oxygen atoms in total. The fraction of sp³-hybridized carbons (Fsp3) is 0.538. The molecule has 1 aromatic rings. The summed E-state index contributed by atoms with van der Waals surface area (Å²) < 4.78 is 32.2. The van der Waals surface area contributed by atoms with Gasteiger partial charge >= 0.3 is 0 Å². The summed E-state index contributed by atoms with van der Waals surface area (Å²) in [6, 6.07) is 9.70. The van der Waals surface area contributed by atoms with Crippen LogP contribution in [0.3, 0.4) is 0 Å². The minimum absolute atomic E-state index is 0.408. The van der Waals surface area contributed by atoms with Crippen LogP contribution in [0.4, 0.5) is 0 Å². The van der Waals surface area contributed by atoms with Gasteiger partial charge in [0.05, 0.1) is 5.25 Å². The fourth-order valence-electron chi connectivity index (χ4n) is 2.99. The third-order valence-electron chi connectivity index (χ3n) is 4.07. The first-order valence-corrected chi connectivity index (χ1v) is 7.49. The molecule has 1 fully saturated rings. The topological polar surface area (TPSA) is 54.4 Å². The van der Waals surface area contributed by atoms with E-state index in [1.807, 2.05) is 30.3 Å². The Hall–Kier alpha value is -0.870. The van der Waals surface area contributed by atoms with Gasteiger partial charge in [-0.05, 0) is 25.3 Å². The third kappa shape index (κ3) is 2.24. The molecular formula is C13H18O3S. The molecule has 0 saturated heterocycles. The molecule has 0 aliphatic heterocycles. The SMILES string of the molecule is CC(C1(c2ccccc2)CCCC1)S(=O)(=O)O. The Kier molecular flexibility index (Phi) is 3.27. The zero-order valence-corrected chi connectivity index (χ0v) is 10.8. The maximum atomic E-state index is 11.5. The lowest BCUT2D eigenvalue weighted by atomic mass is 9.76. The molecule has 1 N–H and O–H groups in total. The van der Waals surface area contributed by atoms with Crippen LogP contribution in [0.1, 0.15) is 38.2 Å². The van der Waals surface area contributed by atoms with E-state index in [9.17, 15) is 13.0 Å². The lowest BCUT2D eigenvalue weighted by Gasteiger charge is -2.34. The lowest BCUT2D eigenvalue weighted by molar-refractivity contribution is 0.384. The first-order chi connectivity index (χ1) is 7.97. The van der Waals surface area contributed by atoms with Crippen LogP contribution >= 0.6 is 0 Å². The van der Waals surface area contributed by atoms with Crippen LogP contribution in [0.15, 0.2) is 30.3 Å². The van der Waals surface area contributed by atoms with E-state index in [0.29, 0.717) is 0 Å². The van der Waals surface area contributed by atoms with Crippen LogP contribution in [0.25, 0.3) is 0 Å². The predicted octanol–water partition coefficient (Wildman–Crippen LogP) is 2.77. The van der Waals surface area contributed by atoms with Gasteiger partial charge in [-0.2, -0.15) is 8.42 Å². The first kappa shape index (κ1) is 12.6. The Morgan fingerprint density at radius 2 is 1.71 bits per heavy atom. The smallest absolute Gasteiger partial charge is 0.268 e. The normalized spacial score (nSPS) is 21.3. The maximum absolute atomic E-state index is 11.5. The molecule has 0 spiro atoms. The summed E-state index contributed by atoms with van der Waals surface area (Å²) >= 11 is 0. The second kappa shape index (κ2) is 4.42. The summed E-state index contributed by atoms with van der Waals surface area (Å²) in [4.78, 5) is 0. The highest BCUT2D eigenvalue weighted by Crippen LogP contribution is 2.45. The van der Waals surface area contributed by atoms with Crippen molar-refractivity contribution in [1.29, 1.82) is 0 Å². The highest BCUT2D eigenvalue weighted by atomic mass is 32.2. The van der Waals surface area contributed by atoms with E-state index in [1.54, 1.807) is 6.92 Å². The first-order valence-electron chi connectivity index (χ1n) is 5.99. The average Bonchev–Trinajstić information content (AvgIpc) is 2.78. The molecule has 0 bridgehead atoms. The van der Waals surface area contributed by atoms with Crippen molar-refractivity contribution in [1.82, 2.24) is 0 Å². The number of benzene rings is 1. The highest BCUT2D eigenvalue weighted by Gasteiger charge is 2.45. The Balaban J connectivity index is 2.48. The van der Waals surface area contributed by atoms with Gasteiger partial charge in [0.15, 0.2) is 0 Å². The number of hydrogen-bond acceptors (Lipinski definition) is 2. The summed E-state index contributed by atoms with van der Waals surface area (Å²) in [7, 11) is -3.99. The molecular weight excluding hydrogens is 236 g/mol. The van der Waals surface area contributed by atoms with E-state index in [0.717, 1.165) is 31.2 Å². The third-order valence-corrected chi connectivity index (χ3v) is 5.41. The maximum Gasteiger partial charge on any atom is 0.268 e. The Bertz CT molecular complexity index is 473. The lowest BCUT2D eigenvalue weighted by Crippen LogP contribution is -2.40. The van der Waals surface area contributed by atoms with Crippen LogP contribution in [0, 0.1) is 0 Å². The van der Waals surface area contributed by atoms with E-state index >= 15 is 0 Å². The van der Waals surface area contributed by atoms with Crippen LogP contribution in [0.5, 0.6) is 0 Å². The fourth-order valence-corrected chi connectivity index (χ4v) is 3.93.